The number of aliphatic hydroxyl groups excluding tert-OH is 1. The molecule has 0 bridgehead atoms. The molecule has 0 amide bonds. The Hall–Kier alpha value is -0.800. The first kappa shape index (κ1) is 10.3. The molecule has 1 rings (SSSR count). The van der Waals surface area contributed by atoms with Gasteiger partial charge in [-0.05, 0) is 25.0 Å². The Balaban J connectivity index is 2.56. The van der Waals surface area contributed by atoms with Crippen molar-refractivity contribution in [2.75, 3.05) is 6.61 Å². The van der Waals surface area contributed by atoms with Gasteiger partial charge >= 0.3 is 0 Å². The third-order valence-corrected chi connectivity index (χ3v) is 1.98. The molecule has 0 aliphatic rings. The van der Waals surface area contributed by atoms with Crippen LogP contribution >= 0.6 is 0 Å². The largest absolute Gasteiger partial charge is 0.464 e. The molecule has 1 atom stereocenters. The molecule has 0 saturated carbocycles. The molecule has 3 nitrogen and oxygen atoms in total. The first-order valence-electron chi connectivity index (χ1n) is 4.73. The van der Waals surface area contributed by atoms with Crippen molar-refractivity contribution in [1.82, 2.24) is 0 Å². The Morgan fingerprint density at radius 3 is 2.92 bits per heavy atom. The molecule has 0 unspecified atom stereocenters. The predicted molar refractivity (Wildman–Crippen MR) is 51.3 cm³/mol. The first-order chi connectivity index (χ1) is 6.27. The molecule has 74 valence electrons. The summed E-state index contributed by atoms with van der Waals surface area (Å²) in [6.07, 6.45) is 2.58. The van der Waals surface area contributed by atoms with Gasteiger partial charge in [0.05, 0.1) is 6.04 Å². The van der Waals surface area contributed by atoms with Crippen LogP contribution in [0.15, 0.2) is 16.5 Å². The van der Waals surface area contributed by atoms with E-state index in [1.54, 1.807) is 0 Å². The molecule has 0 spiro atoms. The van der Waals surface area contributed by atoms with Crippen LogP contribution in [0.1, 0.15) is 37.3 Å². The standard InChI is InChI=1S/C10H17NO2/c1-2-3-8-4-5-10(13-8)9(11)6-7-12/h4-5,9,12H,2-3,6-7,11H2,1H3/t9-/m1/s1. The fourth-order valence-electron chi connectivity index (χ4n) is 1.26. The van der Waals surface area contributed by atoms with E-state index in [1.807, 2.05) is 12.1 Å². The average molecular weight is 183 g/mol. The summed E-state index contributed by atoms with van der Waals surface area (Å²) in [5.41, 5.74) is 5.76. The molecular weight excluding hydrogens is 166 g/mol. The van der Waals surface area contributed by atoms with E-state index in [0.717, 1.165) is 24.4 Å². The van der Waals surface area contributed by atoms with Crippen molar-refractivity contribution in [3.63, 3.8) is 0 Å². The third kappa shape index (κ3) is 2.86. The van der Waals surface area contributed by atoms with Crippen molar-refractivity contribution >= 4 is 0 Å². The molecule has 0 fully saturated rings. The zero-order valence-corrected chi connectivity index (χ0v) is 7.99. The van der Waals surface area contributed by atoms with E-state index in [-0.39, 0.29) is 12.6 Å². The van der Waals surface area contributed by atoms with Gasteiger partial charge in [0.2, 0.25) is 0 Å². The van der Waals surface area contributed by atoms with E-state index < -0.39 is 0 Å². The van der Waals surface area contributed by atoms with Crippen LogP contribution < -0.4 is 5.73 Å². The molecule has 0 radical (unpaired) electrons. The minimum atomic E-state index is -0.171. The van der Waals surface area contributed by atoms with Crippen LogP contribution in [-0.2, 0) is 6.42 Å². The SMILES string of the molecule is CCCc1ccc([C@H](N)CCO)o1. The van der Waals surface area contributed by atoms with Gasteiger partial charge in [-0.25, -0.2) is 0 Å². The highest BCUT2D eigenvalue weighted by Crippen LogP contribution is 2.17. The average Bonchev–Trinajstić information content (AvgIpc) is 2.54. The summed E-state index contributed by atoms with van der Waals surface area (Å²) in [7, 11) is 0. The summed E-state index contributed by atoms with van der Waals surface area (Å²) < 4.78 is 5.50. The molecule has 3 N–H and O–H groups in total. The van der Waals surface area contributed by atoms with Crippen molar-refractivity contribution in [1.29, 1.82) is 0 Å². The van der Waals surface area contributed by atoms with Gasteiger partial charge in [0, 0.05) is 13.0 Å². The zero-order valence-electron chi connectivity index (χ0n) is 7.99. The normalized spacial score (nSPS) is 13.2. The summed E-state index contributed by atoms with van der Waals surface area (Å²) in [4.78, 5) is 0. The maximum atomic E-state index is 8.69. The van der Waals surface area contributed by atoms with Crippen LogP contribution in [0.25, 0.3) is 0 Å². The Bertz CT molecular complexity index is 245. The molecule has 0 aliphatic heterocycles. The zero-order chi connectivity index (χ0) is 9.68. The van der Waals surface area contributed by atoms with Gasteiger partial charge in [-0.1, -0.05) is 6.92 Å². The van der Waals surface area contributed by atoms with Crippen LogP contribution in [0.5, 0.6) is 0 Å². The monoisotopic (exact) mass is 183 g/mol. The quantitative estimate of drug-likeness (QED) is 0.729. The fourth-order valence-corrected chi connectivity index (χ4v) is 1.26. The molecule has 0 saturated heterocycles. The van der Waals surface area contributed by atoms with Crippen LogP contribution in [0.2, 0.25) is 0 Å². The van der Waals surface area contributed by atoms with E-state index in [0.29, 0.717) is 6.42 Å². The minimum Gasteiger partial charge on any atom is -0.464 e. The van der Waals surface area contributed by atoms with Gasteiger partial charge in [-0.15, -0.1) is 0 Å². The van der Waals surface area contributed by atoms with E-state index >= 15 is 0 Å². The second kappa shape index (κ2) is 5.04. The minimum absolute atomic E-state index is 0.102. The van der Waals surface area contributed by atoms with Crippen LogP contribution in [0.4, 0.5) is 0 Å². The molecule has 1 heterocycles. The fraction of sp³-hybridized carbons (Fsp3) is 0.600. The molecule has 0 aliphatic carbocycles. The Kier molecular flexibility index (Phi) is 3.99. The van der Waals surface area contributed by atoms with Gasteiger partial charge in [0.15, 0.2) is 0 Å². The second-order valence-corrected chi connectivity index (χ2v) is 3.17. The van der Waals surface area contributed by atoms with Crippen LogP contribution in [0, 0.1) is 0 Å². The number of rotatable bonds is 5. The molecule has 1 aromatic heterocycles. The van der Waals surface area contributed by atoms with E-state index in [4.69, 9.17) is 15.3 Å². The molecule has 13 heavy (non-hydrogen) atoms. The molecule has 3 heteroatoms. The van der Waals surface area contributed by atoms with Crippen molar-refractivity contribution in [3.8, 4) is 0 Å². The van der Waals surface area contributed by atoms with Gasteiger partial charge in [0.25, 0.3) is 0 Å². The van der Waals surface area contributed by atoms with Gasteiger partial charge in [-0.3, -0.25) is 0 Å². The molecule has 0 aromatic carbocycles. The van der Waals surface area contributed by atoms with Crippen LogP contribution in [0.3, 0.4) is 0 Å². The highest BCUT2D eigenvalue weighted by Gasteiger charge is 2.09. The van der Waals surface area contributed by atoms with Crippen molar-refractivity contribution in [3.05, 3.63) is 23.7 Å². The van der Waals surface area contributed by atoms with Gasteiger partial charge in [-0.2, -0.15) is 0 Å². The first-order valence-corrected chi connectivity index (χ1v) is 4.73. The van der Waals surface area contributed by atoms with Gasteiger partial charge < -0.3 is 15.3 Å². The number of nitrogens with two attached hydrogens (primary N) is 1. The molecular formula is C10H17NO2. The smallest absolute Gasteiger partial charge is 0.120 e. The highest BCUT2D eigenvalue weighted by atomic mass is 16.3. The van der Waals surface area contributed by atoms with Crippen molar-refractivity contribution in [2.24, 2.45) is 5.73 Å². The second-order valence-electron chi connectivity index (χ2n) is 3.17. The lowest BCUT2D eigenvalue weighted by Crippen LogP contribution is -2.10. The number of aryl methyl sites for hydroxylation is 1. The Morgan fingerprint density at radius 1 is 1.54 bits per heavy atom. The molecule has 1 aromatic rings. The van der Waals surface area contributed by atoms with Crippen LogP contribution in [-0.4, -0.2) is 11.7 Å². The topological polar surface area (TPSA) is 59.4 Å². The summed E-state index contributed by atoms with van der Waals surface area (Å²) in [6.45, 7) is 2.21. The third-order valence-electron chi connectivity index (χ3n) is 1.98. The summed E-state index contributed by atoms with van der Waals surface area (Å²) in [5.74, 6) is 1.75. The number of hydrogen-bond donors (Lipinski definition) is 2. The maximum Gasteiger partial charge on any atom is 0.120 e. The highest BCUT2D eigenvalue weighted by molar-refractivity contribution is 5.10. The van der Waals surface area contributed by atoms with Gasteiger partial charge in [0.1, 0.15) is 11.5 Å². The predicted octanol–water partition coefficient (Wildman–Crippen LogP) is 1.61. The van der Waals surface area contributed by atoms with E-state index in [9.17, 15) is 0 Å². The van der Waals surface area contributed by atoms with Crippen molar-refractivity contribution < 1.29 is 9.52 Å². The van der Waals surface area contributed by atoms with E-state index in [1.165, 1.54) is 0 Å². The summed E-state index contributed by atoms with van der Waals surface area (Å²) in [5, 5.41) is 8.69. The Morgan fingerprint density at radius 2 is 2.31 bits per heavy atom. The summed E-state index contributed by atoms with van der Waals surface area (Å²) in [6, 6.07) is 3.68. The Labute approximate surface area is 78.5 Å². The van der Waals surface area contributed by atoms with E-state index in [2.05, 4.69) is 6.92 Å². The summed E-state index contributed by atoms with van der Waals surface area (Å²) >= 11 is 0. The maximum absolute atomic E-state index is 8.69. The lowest BCUT2D eigenvalue weighted by molar-refractivity contribution is 0.267. The lowest BCUT2D eigenvalue weighted by Gasteiger charge is -2.05. The lowest BCUT2D eigenvalue weighted by atomic mass is 10.2. The number of hydrogen-bond acceptors (Lipinski definition) is 3. The number of aliphatic hydroxyl groups is 1. The van der Waals surface area contributed by atoms with Crippen molar-refractivity contribution in [2.45, 2.75) is 32.2 Å². The number of furan rings is 1.